The summed E-state index contributed by atoms with van der Waals surface area (Å²) in [6.07, 6.45) is -4.03. The molecule has 1 saturated heterocycles. The van der Waals surface area contributed by atoms with Crippen LogP contribution in [0.4, 0.5) is 13.2 Å². The van der Waals surface area contributed by atoms with Crippen LogP contribution in [0.5, 0.6) is 5.88 Å². The fourth-order valence-corrected chi connectivity index (χ4v) is 4.51. The zero-order valence-corrected chi connectivity index (χ0v) is 15.2. The van der Waals surface area contributed by atoms with Gasteiger partial charge in [0.2, 0.25) is 15.9 Å². The van der Waals surface area contributed by atoms with Crippen molar-refractivity contribution in [2.75, 3.05) is 13.1 Å². The Hall–Kier alpha value is -2.65. The van der Waals surface area contributed by atoms with Crippen molar-refractivity contribution in [3.05, 3.63) is 66.4 Å². The molecule has 146 valence electrons. The maximum Gasteiger partial charge on any atom is 0.416 e. The number of fused-ring (bicyclic) bond motifs is 1. The fraction of sp³-hybridized carbons (Fsp3) is 0.211. The molecule has 28 heavy (non-hydrogen) atoms. The second-order valence-electron chi connectivity index (χ2n) is 6.45. The summed E-state index contributed by atoms with van der Waals surface area (Å²) in [5, 5.41) is 1.74. The quantitative estimate of drug-likeness (QED) is 0.661. The first-order valence-electron chi connectivity index (χ1n) is 8.42. The van der Waals surface area contributed by atoms with Gasteiger partial charge in [-0.2, -0.15) is 17.5 Å². The molecule has 1 aliphatic heterocycles. The molecule has 0 aliphatic carbocycles. The second kappa shape index (κ2) is 6.75. The first-order chi connectivity index (χ1) is 13.2. The van der Waals surface area contributed by atoms with E-state index in [-0.39, 0.29) is 23.9 Å². The predicted octanol–water partition coefficient (Wildman–Crippen LogP) is 3.71. The molecule has 9 heteroatoms. The average Bonchev–Trinajstić information content (AvgIpc) is 2.63. The van der Waals surface area contributed by atoms with Crippen LogP contribution in [0.3, 0.4) is 0 Å². The maximum absolute atomic E-state index is 12.7. The van der Waals surface area contributed by atoms with Crippen molar-refractivity contribution < 1.29 is 26.3 Å². The van der Waals surface area contributed by atoms with Crippen LogP contribution in [0.25, 0.3) is 10.8 Å². The van der Waals surface area contributed by atoms with Gasteiger partial charge in [0.05, 0.1) is 23.5 Å². The third-order valence-corrected chi connectivity index (χ3v) is 6.35. The monoisotopic (exact) mass is 408 g/mol. The van der Waals surface area contributed by atoms with Crippen LogP contribution >= 0.6 is 0 Å². The lowest BCUT2D eigenvalue weighted by Crippen LogP contribution is -2.56. The van der Waals surface area contributed by atoms with Gasteiger partial charge >= 0.3 is 6.18 Å². The molecular weight excluding hydrogens is 393 g/mol. The lowest BCUT2D eigenvalue weighted by atomic mass is 10.1. The average molecular weight is 408 g/mol. The van der Waals surface area contributed by atoms with E-state index >= 15 is 0 Å². The lowest BCUT2D eigenvalue weighted by Gasteiger charge is -2.37. The third kappa shape index (κ3) is 3.55. The predicted molar refractivity (Wildman–Crippen MR) is 96.4 cm³/mol. The number of ether oxygens (including phenoxy) is 1. The number of rotatable bonds is 4. The van der Waals surface area contributed by atoms with E-state index in [0.717, 1.165) is 29.1 Å². The van der Waals surface area contributed by atoms with Gasteiger partial charge < -0.3 is 4.74 Å². The zero-order valence-electron chi connectivity index (χ0n) is 14.4. The minimum Gasteiger partial charge on any atom is -0.472 e. The van der Waals surface area contributed by atoms with Gasteiger partial charge in [-0.3, -0.25) is 0 Å². The van der Waals surface area contributed by atoms with E-state index in [4.69, 9.17) is 4.74 Å². The van der Waals surface area contributed by atoms with E-state index in [1.807, 2.05) is 24.3 Å². The number of benzene rings is 2. The molecule has 2 heterocycles. The number of hydrogen-bond acceptors (Lipinski definition) is 4. The highest BCUT2D eigenvalue weighted by molar-refractivity contribution is 7.89. The summed E-state index contributed by atoms with van der Waals surface area (Å²) in [5.74, 6) is -0.178. The van der Waals surface area contributed by atoms with E-state index in [2.05, 4.69) is 4.98 Å². The summed E-state index contributed by atoms with van der Waals surface area (Å²) < 4.78 is 70.4. The van der Waals surface area contributed by atoms with Gasteiger partial charge in [-0.05, 0) is 29.0 Å². The highest BCUT2D eigenvalue weighted by Gasteiger charge is 2.39. The Morgan fingerprint density at radius 2 is 1.71 bits per heavy atom. The van der Waals surface area contributed by atoms with Crippen LogP contribution in [-0.4, -0.2) is 36.9 Å². The number of halogens is 3. The van der Waals surface area contributed by atoms with Crippen LogP contribution in [0.2, 0.25) is 0 Å². The van der Waals surface area contributed by atoms with E-state index in [1.54, 1.807) is 18.2 Å². The summed E-state index contributed by atoms with van der Waals surface area (Å²) in [6.45, 7) is 0.0974. The van der Waals surface area contributed by atoms with E-state index in [1.165, 1.54) is 4.31 Å². The smallest absolute Gasteiger partial charge is 0.416 e. The Morgan fingerprint density at radius 1 is 1.00 bits per heavy atom. The molecule has 2 aromatic carbocycles. The molecule has 5 nitrogen and oxygen atoms in total. The minimum atomic E-state index is -4.49. The van der Waals surface area contributed by atoms with Crippen LogP contribution in [0.15, 0.2) is 65.7 Å². The minimum absolute atomic E-state index is 0.0487. The van der Waals surface area contributed by atoms with E-state index in [9.17, 15) is 21.6 Å². The number of alkyl halides is 3. The standard InChI is InChI=1S/C19H15F3N2O3S/c20-19(21,22)15-7-8-23-18(10-15)27-16-11-24(12-16)28(25,26)17-6-5-13-3-1-2-4-14(13)9-17/h1-10,16H,11-12H2. The van der Waals surface area contributed by atoms with Gasteiger partial charge in [-0.25, -0.2) is 13.4 Å². The molecule has 0 unspecified atom stereocenters. The van der Waals surface area contributed by atoms with Crippen molar-refractivity contribution in [2.45, 2.75) is 17.2 Å². The molecule has 0 radical (unpaired) electrons. The van der Waals surface area contributed by atoms with E-state index in [0.29, 0.717) is 0 Å². The molecule has 1 aromatic heterocycles. The van der Waals surface area contributed by atoms with Gasteiger partial charge in [-0.1, -0.05) is 30.3 Å². The third-order valence-electron chi connectivity index (χ3n) is 4.52. The Morgan fingerprint density at radius 3 is 2.43 bits per heavy atom. The van der Waals surface area contributed by atoms with Gasteiger partial charge in [0, 0.05) is 12.3 Å². The summed E-state index contributed by atoms with van der Waals surface area (Å²) in [4.78, 5) is 3.93. The van der Waals surface area contributed by atoms with Gasteiger partial charge in [0.1, 0.15) is 6.10 Å². The van der Waals surface area contributed by atoms with Gasteiger partial charge in [-0.15, -0.1) is 0 Å². The number of hydrogen-bond donors (Lipinski definition) is 0. The molecule has 0 atom stereocenters. The SMILES string of the molecule is O=S(=O)(c1ccc2ccccc2c1)N1CC(Oc2cc(C(F)(F)F)ccn2)C1. The highest BCUT2D eigenvalue weighted by atomic mass is 32.2. The van der Waals surface area contributed by atoms with Crippen molar-refractivity contribution in [3.8, 4) is 5.88 Å². The van der Waals surface area contributed by atoms with E-state index < -0.39 is 27.9 Å². The van der Waals surface area contributed by atoms with Crippen molar-refractivity contribution in [2.24, 2.45) is 0 Å². The molecule has 3 aromatic rings. The number of sulfonamides is 1. The molecule has 4 rings (SSSR count). The molecule has 0 amide bonds. The highest BCUT2D eigenvalue weighted by Crippen LogP contribution is 2.31. The summed E-state index contributed by atoms with van der Waals surface area (Å²) >= 11 is 0. The Labute approximate surface area is 159 Å². The van der Waals surface area contributed by atoms with Crippen molar-refractivity contribution >= 4 is 20.8 Å². The fourth-order valence-electron chi connectivity index (χ4n) is 2.97. The molecule has 0 bridgehead atoms. The summed E-state index contributed by atoms with van der Waals surface area (Å²) in [5.41, 5.74) is -0.863. The van der Waals surface area contributed by atoms with Crippen molar-refractivity contribution in [1.29, 1.82) is 0 Å². The van der Waals surface area contributed by atoms with Gasteiger partial charge in [0.25, 0.3) is 0 Å². The van der Waals surface area contributed by atoms with Gasteiger partial charge in [0.15, 0.2) is 0 Å². The van der Waals surface area contributed by atoms with Crippen LogP contribution in [-0.2, 0) is 16.2 Å². The Bertz CT molecular complexity index is 1130. The van der Waals surface area contributed by atoms with Crippen LogP contribution in [0.1, 0.15) is 5.56 Å². The number of aromatic nitrogens is 1. The summed E-state index contributed by atoms with van der Waals surface area (Å²) in [7, 11) is -3.70. The summed E-state index contributed by atoms with van der Waals surface area (Å²) in [6, 6.07) is 14.0. The molecular formula is C19H15F3N2O3S. The molecule has 0 spiro atoms. The first kappa shape index (κ1) is 18.7. The molecule has 1 aliphatic rings. The largest absolute Gasteiger partial charge is 0.472 e. The number of nitrogens with zero attached hydrogens (tertiary/aromatic N) is 2. The Balaban J connectivity index is 1.45. The first-order valence-corrected chi connectivity index (χ1v) is 9.86. The van der Waals surface area contributed by atoms with Crippen LogP contribution in [0, 0.1) is 0 Å². The topological polar surface area (TPSA) is 59.5 Å². The second-order valence-corrected chi connectivity index (χ2v) is 8.39. The lowest BCUT2D eigenvalue weighted by molar-refractivity contribution is -0.137. The van der Waals surface area contributed by atoms with Crippen LogP contribution < -0.4 is 4.74 Å². The molecule has 0 saturated carbocycles. The normalized spacial score (nSPS) is 16.1. The van der Waals surface area contributed by atoms with Crippen molar-refractivity contribution in [1.82, 2.24) is 9.29 Å². The molecule has 1 fully saturated rings. The zero-order chi connectivity index (χ0) is 19.9. The molecule has 0 N–H and O–H groups in total. The maximum atomic E-state index is 12.7. The number of pyridine rings is 1. The van der Waals surface area contributed by atoms with Crippen molar-refractivity contribution in [3.63, 3.8) is 0 Å². The Kier molecular flexibility index (Phi) is 4.51.